The predicted octanol–water partition coefficient (Wildman–Crippen LogP) is 4.97. The molecule has 2 nitrogen and oxygen atoms in total. The van der Waals surface area contributed by atoms with E-state index < -0.39 is 5.82 Å². The number of thiophene rings is 1. The molecular weight excluding hydrogens is 347 g/mol. The van der Waals surface area contributed by atoms with Crippen LogP contribution in [0, 0.1) is 5.82 Å². The maximum atomic E-state index is 14.0. The summed E-state index contributed by atoms with van der Waals surface area (Å²) in [5.74, 6) is -0.490. The number of nitrogens with zero attached hydrogens (tertiary/aromatic N) is 2. The third kappa shape index (κ3) is 1.71. The van der Waals surface area contributed by atoms with Gasteiger partial charge in [-0.2, -0.15) is 8.75 Å². The molecular formula is C10H3BrClFN2S2. The first kappa shape index (κ1) is 11.5. The molecule has 2 aromatic heterocycles. The molecule has 3 rings (SSSR count). The predicted molar refractivity (Wildman–Crippen MR) is 73.4 cm³/mol. The number of benzene rings is 1. The number of aromatic nitrogens is 2. The number of halogens is 3. The lowest BCUT2D eigenvalue weighted by Gasteiger charge is -2.05. The first-order valence-electron chi connectivity index (χ1n) is 4.52. The largest absolute Gasteiger partial charge is 0.204 e. The second-order valence-corrected chi connectivity index (χ2v) is 5.90. The Bertz CT molecular complexity index is 696. The Morgan fingerprint density at radius 1 is 1.29 bits per heavy atom. The van der Waals surface area contributed by atoms with Crippen LogP contribution in [0.1, 0.15) is 0 Å². The molecule has 0 radical (unpaired) electrons. The molecule has 0 N–H and O–H groups in total. The Morgan fingerprint density at radius 3 is 2.76 bits per heavy atom. The van der Waals surface area contributed by atoms with Crippen LogP contribution in [0.5, 0.6) is 0 Å². The van der Waals surface area contributed by atoms with E-state index >= 15 is 0 Å². The summed E-state index contributed by atoms with van der Waals surface area (Å²) < 4.78 is 22.5. The van der Waals surface area contributed by atoms with Crippen molar-refractivity contribution in [3.8, 4) is 10.4 Å². The van der Waals surface area contributed by atoms with Crippen molar-refractivity contribution in [2.75, 3.05) is 0 Å². The van der Waals surface area contributed by atoms with E-state index in [9.17, 15) is 4.39 Å². The van der Waals surface area contributed by atoms with Crippen molar-refractivity contribution in [3.63, 3.8) is 0 Å². The highest BCUT2D eigenvalue weighted by molar-refractivity contribution is 9.10. The Morgan fingerprint density at radius 2 is 2.06 bits per heavy atom. The van der Waals surface area contributed by atoms with Crippen LogP contribution >= 0.6 is 50.6 Å². The molecule has 0 aliphatic rings. The third-order valence-electron chi connectivity index (χ3n) is 2.31. The second-order valence-electron chi connectivity index (χ2n) is 3.26. The first-order chi connectivity index (χ1) is 8.20. The molecule has 2 heterocycles. The van der Waals surface area contributed by atoms with E-state index in [1.807, 2.05) is 17.5 Å². The molecule has 86 valence electrons. The molecule has 0 fully saturated rings. The quantitative estimate of drug-likeness (QED) is 0.579. The fraction of sp³-hybridized carbons (Fsp3) is 0. The van der Waals surface area contributed by atoms with Crippen molar-refractivity contribution in [2.24, 2.45) is 0 Å². The summed E-state index contributed by atoms with van der Waals surface area (Å²) in [6.07, 6.45) is 0. The Kier molecular flexibility index (Phi) is 2.90. The molecule has 0 aliphatic carbocycles. The van der Waals surface area contributed by atoms with Crippen LogP contribution in [-0.4, -0.2) is 8.75 Å². The third-order valence-corrected chi connectivity index (χ3v) is 4.80. The summed E-state index contributed by atoms with van der Waals surface area (Å²) in [6.45, 7) is 0. The number of hydrogen-bond donors (Lipinski definition) is 0. The van der Waals surface area contributed by atoms with E-state index in [0.717, 1.165) is 16.6 Å². The van der Waals surface area contributed by atoms with Gasteiger partial charge in [0.2, 0.25) is 0 Å². The number of hydrogen-bond acceptors (Lipinski definition) is 4. The van der Waals surface area contributed by atoms with Gasteiger partial charge in [0, 0.05) is 10.4 Å². The van der Waals surface area contributed by atoms with Gasteiger partial charge in [-0.1, -0.05) is 17.7 Å². The van der Waals surface area contributed by atoms with Gasteiger partial charge in [0.1, 0.15) is 11.0 Å². The zero-order chi connectivity index (χ0) is 12.0. The summed E-state index contributed by atoms with van der Waals surface area (Å²) in [5.41, 5.74) is 1.77. The molecule has 0 bridgehead atoms. The van der Waals surface area contributed by atoms with Crippen LogP contribution in [0.4, 0.5) is 4.39 Å². The van der Waals surface area contributed by atoms with Gasteiger partial charge in [0.05, 0.1) is 21.2 Å². The zero-order valence-electron chi connectivity index (χ0n) is 8.08. The molecule has 0 amide bonds. The zero-order valence-corrected chi connectivity index (χ0v) is 12.1. The molecule has 17 heavy (non-hydrogen) atoms. The van der Waals surface area contributed by atoms with Gasteiger partial charge in [0.15, 0.2) is 5.82 Å². The first-order valence-corrected chi connectivity index (χ1v) is 7.31. The number of rotatable bonds is 1. The van der Waals surface area contributed by atoms with Crippen LogP contribution in [0.15, 0.2) is 22.0 Å². The Hall–Kier alpha value is -0.560. The fourth-order valence-electron chi connectivity index (χ4n) is 1.56. The van der Waals surface area contributed by atoms with Crippen molar-refractivity contribution < 1.29 is 4.39 Å². The smallest absolute Gasteiger partial charge is 0.159 e. The summed E-state index contributed by atoms with van der Waals surface area (Å²) >= 11 is 11.8. The van der Waals surface area contributed by atoms with E-state index in [4.69, 9.17) is 11.6 Å². The van der Waals surface area contributed by atoms with Crippen molar-refractivity contribution in [3.05, 3.63) is 32.8 Å². The van der Waals surface area contributed by atoms with Crippen LogP contribution in [-0.2, 0) is 0 Å². The summed E-state index contributed by atoms with van der Waals surface area (Å²) in [7, 11) is 0. The van der Waals surface area contributed by atoms with E-state index in [0.29, 0.717) is 16.6 Å². The maximum Gasteiger partial charge on any atom is 0.159 e. The van der Waals surface area contributed by atoms with Crippen LogP contribution in [0.25, 0.3) is 21.5 Å². The van der Waals surface area contributed by atoms with Gasteiger partial charge < -0.3 is 0 Å². The van der Waals surface area contributed by atoms with Gasteiger partial charge in [-0.3, -0.25) is 0 Å². The Balaban J connectivity index is 2.49. The molecule has 0 spiro atoms. The van der Waals surface area contributed by atoms with E-state index in [-0.39, 0.29) is 9.50 Å². The average Bonchev–Trinajstić information content (AvgIpc) is 2.97. The monoisotopic (exact) mass is 348 g/mol. The lowest BCUT2D eigenvalue weighted by atomic mass is 10.1. The normalized spacial score (nSPS) is 11.2. The van der Waals surface area contributed by atoms with E-state index in [1.54, 1.807) is 0 Å². The minimum Gasteiger partial charge on any atom is -0.204 e. The van der Waals surface area contributed by atoms with Crippen molar-refractivity contribution in [2.45, 2.75) is 0 Å². The molecule has 0 unspecified atom stereocenters. The molecule has 1 aromatic carbocycles. The number of fused-ring (bicyclic) bond motifs is 1. The van der Waals surface area contributed by atoms with Crippen molar-refractivity contribution in [1.82, 2.24) is 8.75 Å². The minimum absolute atomic E-state index is 0.0829. The molecule has 0 atom stereocenters. The van der Waals surface area contributed by atoms with Gasteiger partial charge in [-0.25, -0.2) is 4.39 Å². The van der Waals surface area contributed by atoms with Crippen LogP contribution in [0.2, 0.25) is 5.02 Å². The van der Waals surface area contributed by atoms with E-state index in [2.05, 4.69) is 24.7 Å². The highest BCUT2D eigenvalue weighted by Gasteiger charge is 2.21. The molecule has 0 saturated carbocycles. The summed E-state index contributed by atoms with van der Waals surface area (Å²) in [4.78, 5) is 0.888. The second kappa shape index (κ2) is 4.28. The van der Waals surface area contributed by atoms with Crippen molar-refractivity contribution >= 4 is 61.6 Å². The molecule has 0 aliphatic heterocycles. The minimum atomic E-state index is -0.490. The highest BCUT2D eigenvalue weighted by atomic mass is 79.9. The van der Waals surface area contributed by atoms with Crippen LogP contribution < -0.4 is 0 Å². The highest BCUT2D eigenvalue weighted by Crippen LogP contribution is 2.42. The van der Waals surface area contributed by atoms with Crippen molar-refractivity contribution in [1.29, 1.82) is 0 Å². The van der Waals surface area contributed by atoms with Gasteiger partial charge in [-0.15, -0.1) is 11.3 Å². The lowest BCUT2D eigenvalue weighted by molar-refractivity contribution is 0.624. The topological polar surface area (TPSA) is 25.8 Å². The molecule has 7 heteroatoms. The average molecular weight is 350 g/mol. The van der Waals surface area contributed by atoms with Gasteiger partial charge in [0.25, 0.3) is 0 Å². The standard InChI is InChI=1S/C10H3BrClFN2S2/c11-6-8(13)7(12)5(4-2-1-3-16-4)9-10(6)15-17-14-9/h1-3H. The Labute approximate surface area is 118 Å². The van der Waals surface area contributed by atoms with Crippen LogP contribution in [0.3, 0.4) is 0 Å². The fourth-order valence-corrected chi connectivity index (χ4v) is 3.94. The maximum absolute atomic E-state index is 14.0. The van der Waals surface area contributed by atoms with Gasteiger partial charge in [-0.05, 0) is 27.4 Å². The molecule has 3 aromatic rings. The SMILES string of the molecule is Fc1c(Cl)c(-c2cccs2)c2nsnc2c1Br. The summed E-state index contributed by atoms with van der Waals surface area (Å²) in [5, 5.41) is 2.00. The summed E-state index contributed by atoms with van der Waals surface area (Å²) in [6, 6.07) is 3.78. The lowest BCUT2D eigenvalue weighted by Crippen LogP contribution is -1.88. The van der Waals surface area contributed by atoms with E-state index in [1.165, 1.54) is 11.3 Å². The van der Waals surface area contributed by atoms with Gasteiger partial charge >= 0.3 is 0 Å². The molecule has 0 saturated heterocycles.